The van der Waals surface area contributed by atoms with Crippen molar-refractivity contribution in [2.45, 2.75) is 53.4 Å². The highest BCUT2D eigenvalue weighted by atomic mass is 16.2. The summed E-state index contributed by atoms with van der Waals surface area (Å²) in [5.74, 6) is 1.41. The highest BCUT2D eigenvalue weighted by Gasteiger charge is 2.30. The molecule has 0 saturated heterocycles. The van der Waals surface area contributed by atoms with Crippen molar-refractivity contribution >= 4 is 5.91 Å². The SMILES string of the molecule is CCN(CC(C)(C)CN)C(=O)C1CCC(C)CC1. The number of nitrogens with two attached hydrogens (primary N) is 1. The summed E-state index contributed by atoms with van der Waals surface area (Å²) in [6, 6.07) is 0. The number of amides is 1. The Morgan fingerprint density at radius 3 is 2.28 bits per heavy atom. The van der Waals surface area contributed by atoms with Gasteiger partial charge in [0, 0.05) is 19.0 Å². The molecule has 1 aliphatic carbocycles. The first-order chi connectivity index (χ1) is 8.39. The predicted octanol–water partition coefficient (Wildman–Crippen LogP) is 2.65. The van der Waals surface area contributed by atoms with Crippen molar-refractivity contribution in [3.05, 3.63) is 0 Å². The standard InChI is InChI=1S/C15H30N2O/c1-5-17(11-15(3,4)10-16)14(18)13-8-6-12(2)7-9-13/h12-13H,5-11,16H2,1-4H3. The number of hydrogen-bond acceptors (Lipinski definition) is 2. The molecular formula is C15H30N2O. The highest BCUT2D eigenvalue weighted by Crippen LogP contribution is 2.30. The number of hydrogen-bond donors (Lipinski definition) is 1. The fraction of sp³-hybridized carbons (Fsp3) is 0.933. The van der Waals surface area contributed by atoms with E-state index in [0.29, 0.717) is 12.5 Å². The Kier molecular flexibility index (Phi) is 5.64. The molecule has 2 N–H and O–H groups in total. The van der Waals surface area contributed by atoms with E-state index in [9.17, 15) is 4.79 Å². The van der Waals surface area contributed by atoms with E-state index in [-0.39, 0.29) is 11.3 Å². The molecule has 1 saturated carbocycles. The molecule has 0 atom stereocenters. The normalized spacial score (nSPS) is 24.9. The van der Waals surface area contributed by atoms with Crippen LogP contribution >= 0.6 is 0 Å². The van der Waals surface area contributed by atoms with Crippen molar-refractivity contribution in [1.29, 1.82) is 0 Å². The molecule has 1 rings (SSSR count). The Morgan fingerprint density at radius 2 is 1.83 bits per heavy atom. The molecule has 3 heteroatoms. The molecule has 0 radical (unpaired) electrons. The van der Waals surface area contributed by atoms with E-state index in [1.165, 1.54) is 12.8 Å². The van der Waals surface area contributed by atoms with Crippen molar-refractivity contribution in [2.75, 3.05) is 19.6 Å². The summed E-state index contributed by atoms with van der Waals surface area (Å²) >= 11 is 0. The van der Waals surface area contributed by atoms with E-state index in [4.69, 9.17) is 5.73 Å². The van der Waals surface area contributed by atoms with Crippen LogP contribution in [0, 0.1) is 17.3 Å². The molecule has 1 amide bonds. The van der Waals surface area contributed by atoms with E-state index in [2.05, 4.69) is 27.7 Å². The molecule has 1 aliphatic rings. The maximum Gasteiger partial charge on any atom is 0.225 e. The molecule has 0 unspecified atom stereocenters. The Labute approximate surface area is 112 Å². The molecule has 1 fully saturated rings. The van der Waals surface area contributed by atoms with Gasteiger partial charge in [0.2, 0.25) is 5.91 Å². The van der Waals surface area contributed by atoms with Crippen LogP contribution in [0.5, 0.6) is 0 Å². The van der Waals surface area contributed by atoms with Crippen LogP contribution in [0.1, 0.15) is 53.4 Å². The first kappa shape index (κ1) is 15.5. The van der Waals surface area contributed by atoms with Gasteiger partial charge in [0.25, 0.3) is 0 Å². The van der Waals surface area contributed by atoms with E-state index < -0.39 is 0 Å². The van der Waals surface area contributed by atoms with Crippen molar-refractivity contribution in [3.63, 3.8) is 0 Å². The Balaban J connectivity index is 2.57. The first-order valence-electron chi connectivity index (χ1n) is 7.38. The summed E-state index contributed by atoms with van der Waals surface area (Å²) < 4.78 is 0. The Morgan fingerprint density at radius 1 is 1.28 bits per heavy atom. The van der Waals surface area contributed by atoms with E-state index in [1.54, 1.807) is 0 Å². The summed E-state index contributed by atoms with van der Waals surface area (Å²) in [7, 11) is 0. The van der Waals surface area contributed by atoms with Gasteiger partial charge in [-0.1, -0.05) is 20.8 Å². The summed E-state index contributed by atoms with van der Waals surface area (Å²) in [6.07, 6.45) is 4.54. The lowest BCUT2D eigenvalue weighted by Gasteiger charge is -2.35. The van der Waals surface area contributed by atoms with Crippen LogP contribution in [-0.2, 0) is 4.79 Å². The topological polar surface area (TPSA) is 46.3 Å². The van der Waals surface area contributed by atoms with Gasteiger partial charge >= 0.3 is 0 Å². The molecule has 3 nitrogen and oxygen atoms in total. The van der Waals surface area contributed by atoms with E-state index in [1.807, 2.05) is 4.90 Å². The first-order valence-corrected chi connectivity index (χ1v) is 7.38. The van der Waals surface area contributed by atoms with Crippen LogP contribution < -0.4 is 5.73 Å². The van der Waals surface area contributed by atoms with Gasteiger partial charge in [-0.25, -0.2) is 0 Å². The van der Waals surface area contributed by atoms with Gasteiger partial charge in [-0.3, -0.25) is 4.79 Å². The zero-order chi connectivity index (χ0) is 13.8. The molecule has 0 bridgehead atoms. The van der Waals surface area contributed by atoms with Crippen molar-refractivity contribution < 1.29 is 4.79 Å². The summed E-state index contributed by atoms with van der Waals surface area (Å²) in [5.41, 5.74) is 5.79. The zero-order valence-electron chi connectivity index (χ0n) is 12.5. The molecular weight excluding hydrogens is 224 g/mol. The number of rotatable bonds is 5. The minimum absolute atomic E-state index is 0.0215. The van der Waals surface area contributed by atoms with Gasteiger partial charge in [-0.15, -0.1) is 0 Å². The van der Waals surface area contributed by atoms with Crippen molar-refractivity contribution in [2.24, 2.45) is 23.0 Å². The molecule has 0 heterocycles. The molecule has 18 heavy (non-hydrogen) atoms. The number of carbonyl (C=O) groups is 1. The molecule has 106 valence electrons. The largest absolute Gasteiger partial charge is 0.342 e. The van der Waals surface area contributed by atoms with Gasteiger partial charge in [-0.2, -0.15) is 0 Å². The third kappa shape index (κ3) is 4.27. The number of carbonyl (C=O) groups excluding carboxylic acids is 1. The second-order valence-electron chi connectivity index (χ2n) is 6.68. The van der Waals surface area contributed by atoms with Gasteiger partial charge in [0.1, 0.15) is 0 Å². The summed E-state index contributed by atoms with van der Waals surface area (Å²) in [6.45, 7) is 10.8. The average Bonchev–Trinajstić information content (AvgIpc) is 2.36. The van der Waals surface area contributed by atoms with Gasteiger partial charge in [0.05, 0.1) is 0 Å². The lowest BCUT2D eigenvalue weighted by atomic mass is 9.82. The lowest BCUT2D eigenvalue weighted by molar-refractivity contribution is -0.138. The Bertz CT molecular complexity index is 268. The maximum absolute atomic E-state index is 12.5. The zero-order valence-corrected chi connectivity index (χ0v) is 12.5. The van der Waals surface area contributed by atoms with Crippen LogP contribution in [0.15, 0.2) is 0 Å². The molecule has 0 aromatic rings. The fourth-order valence-electron chi connectivity index (χ4n) is 2.69. The number of nitrogens with zero attached hydrogens (tertiary/aromatic N) is 1. The van der Waals surface area contributed by atoms with E-state index in [0.717, 1.165) is 31.8 Å². The van der Waals surface area contributed by atoms with Crippen LogP contribution in [-0.4, -0.2) is 30.4 Å². The average molecular weight is 254 g/mol. The summed E-state index contributed by atoms with van der Waals surface area (Å²) in [5, 5.41) is 0. The lowest BCUT2D eigenvalue weighted by Crippen LogP contribution is -2.44. The summed E-state index contributed by atoms with van der Waals surface area (Å²) in [4.78, 5) is 14.5. The minimum atomic E-state index is 0.0215. The quantitative estimate of drug-likeness (QED) is 0.820. The monoisotopic (exact) mass is 254 g/mol. The molecule has 0 aliphatic heterocycles. The van der Waals surface area contributed by atoms with Crippen LogP contribution in [0.4, 0.5) is 0 Å². The molecule has 0 spiro atoms. The van der Waals surface area contributed by atoms with Crippen LogP contribution in [0.25, 0.3) is 0 Å². The smallest absolute Gasteiger partial charge is 0.225 e. The van der Waals surface area contributed by atoms with E-state index >= 15 is 0 Å². The molecule has 0 aromatic heterocycles. The van der Waals surface area contributed by atoms with Crippen molar-refractivity contribution in [1.82, 2.24) is 4.90 Å². The van der Waals surface area contributed by atoms with Gasteiger partial charge < -0.3 is 10.6 Å². The second-order valence-corrected chi connectivity index (χ2v) is 6.68. The maximum atomic E-state index is 12.5. The molecule has 0 aromatic carbocycles. The van der Waals surface area contributed by atoms with Gasteiger partial charge in [-0.05, 0) is 50.5 Å². The predicted molar refractivity (Wildman–Crippen MR) is 76.2 cm³/mol. The van der Waals surface area contributed by atoms with Gasteiger partial charge in [0.15, 0.2) is 0 Å². The Hall–Kier alpha value is -0.570. The minimum Gasteiger partial charge on any atom is -0.342 e. The third-order valence-corrected chi connectivity index (χ3v) is 4.23. The highest BCUT2D eigenvalue weighted by molar-refractivity contribution is 5.79. The second kappa shape index (κ2) is 6.55. The van der Waals surface area contributed by atoms with Crippen molar-refractivity contribution in [3.8, 4) is 0 Å². The van der Waals surface area contributed by atoms with Crippen LogP contribution in [0.2, 0.25) is 0 Å². The third-order valence-electron chi connectivity index (χ3n) is 4.23. The fourth-order valence-corrected chi connectivity index (χ4v) is 2.69. The van der Waals surface area contributed by atoms with Crippen LogP contribution in [0.3, 0.4) is 0 Å².